The van der Waals surface area contributed by atoms with Crippen LogP contribution in [0.5, 0.6) is 5.75 Å². The van der Waals surface area contributed by atoms with Crippen molar-refractivity contribution in [2.45, 2.75) is 6.92 Å². The molecule has 0 spiro atoms. The van der Waals surface area contributed by atoms with Gasteiger partial charge in [0.1, 0.15) is 10.1 Å². The molecule has 1 fully saturated rings. The van der Waals surface area contributed by atoms with E-state index in [-0.39, 0.29) is 5.91 Å². The van der Waals surface area contributed by atoms with Gasteiger partial charge in [-0.3, -0.25) is 4.79 Å². The highest BCUT2D eigenvalue weighted by atomic mass is 32.2. The lowest BCUT2D eigenvalue weighted by Crippen LogP contribution is -2.17. The van der Waals surface area contributed by atoms with E-state index < -0.39 is 0 Å². The summed E-state index contributed by atoms with van der Waals surface area (Å²) in [7, 11) is 1.62. The van der Waals surface area contributed by atoms with Gasteiger partial charge in [0.2, 0.25) is 0 Å². The lowest BCUT2D eigenvalue weighted by molar-refractivity contribution is -0.115. The molecule has 0 unspecified atom stereocenters. The van der Waals surface area contributed by atoms with Crippen LogP contribution in [0.2, 0.25) is 0 Å². The van der Waals surface area contributed by atoms with Crippen molar-refractivity contribution in [1.29, 1.82) is 0 Å². The third-order valence-electron chi connectivity index (χ3n) is 2.42. The number of ether oxygens (including phenoxy) is 1. The van der Waals surface area contributed by atoms with Gasteiger partial charge in [-0.25, -0.2) is 0 Å². The predicted octanol–water partition coefficient (Wildman–Crippen LogP) is 2.49. The van der Waals surface area contributed by atoms with Crippen LogP contribution in [0.4, 0.5) is 0 Å². The van der Waals surface area contributed by atoms with Gasteiger partial charge in [0.05, 0.1) is 12.0 Å². The first-order valence-corrected chi connectivity index (χ1v) is 6.22. The average molecular weight is 265 g/mol. The third-order valence-corrected chi connectivity index (χ3v) is 3.58. The second-order valence-electron chi connectivity index (χ2n) is 3.57. The summed E-state index contributed by atoms with van der Waals surface area (Å²) >= 11 is 6.22. The maximum absolute atomic E-state index is 11.5. The second kappa shape index (κ2) is 4.89. The molecule has 0 atom stereocenters. The van der Waals surface area contributed by atoms with Crippen molar-refractivity contribution >= 4 is 40.3 Å². The highest BCUT2D eigenvalue weighted by Crippen LogP contribution is 2.28. The number of thioether (sulfide) groups is 1. The summed E-state index contributed by atoms with van der Waals surface area (Å²) in [6, 6.07) is 5.75. The molecule has 1 aliphatic heterocycles. The van der Waals surface area contributed by atoms with Crippen molar-refractivity contribution in [2.24, 2.45) is 0 Å². The normalized spacial score (nSPS) is 17.4. The van der Waals surface area contributed by atoms with Gasteiger partial charge >= 0.3 is 0 Å². The lowest BCUT2D eigenvalue weighted by Gasteiger charge is -2.04. The molecule has 17 heavy (non-hydrogen) atoms. The number of carbonyl (C=O) groups excluding carboxylic acids is 1. The van der Waals surface area contributed by atoms with Crippen LogP contribution in [0.3, 0.4) is 0 Å². The minimum Gasteiger partial charge on any atom is -0.497 e. The minimum absolute atomic E-state index is 0.137. The van der Waals surface area contributed by atoms with Gasteiger partial charge < -0.3 is 10.1 Å². The number of rotatable bonds is 2. The Kier molecular flexibility index (Phi) is 3.49. The molecule has 0 aliphatic carbocycles. The lowest BCUT2D eigenvalue weighted by atomic mass is 10.1. The van der Waals surface area contributed by atoms with E-state index in [4.69, 9.17) is 17.0 Å². The Morgan fingerprint density at radius 2 is 2.24 bits per heavy atom. The predicted molar refractivity (Wildman–Crippen MR) is 74.0 cm³/mol. The molecule has 1 amide bonds. The quantitative estimate of drug-likeness (QED) is 0.658. The summed E-state index contributed by atoms with van der Waals surface area (Å²) < 4.78 is 5.66. The topological polar surface area (TPSA) is 38.3 Å². The van der Waals surface area contributed by atoms with Crippen LogP contribution in [0, 0.1) is 6.92 Å². The van der Waals surface area contributed by atoms with E-state index in [9.17, 15) is 4.79 Å². The average Bonchev–Trinajstić information content (AvgIpc) is 2.60. The van der Waals surface area contributed by atoms with E-state index in [0.29, 0.717) is 9.23 Å². The van der Waals surface area contributed by atoms with Crippen LogP contribution in [-0.4, -0.2) is 17.3 Å². The molecule has 5 heteroatoms. The van der Waals surface area contributed by atoms with E-state index in [1.807, 2.05) is 31.2 Å². The Morgan fingerprint density at radius 1 is 1.47 bits per heavy atom. The number of hydrogen-bond donors (Lipinski definition) is 1. The number of amides is 1. The first-order chi connectivity index (χ1) is 8.10. The second-order valence-corrected chi connectivity index (χ2v) is 5.29. The molecule has 0 radical (unpaired) electrons. The fourth-order valence-corrected chi connectivity index (χ4v) is 2.50. The van der Waals surface area contributed by atoms with E-state index in [1.165, 1.54) is 11.8 Å². The van der Waals surface area contributed by atoms with Crippen molar-refractivity contribution in [3.05, 3.63) is 34.2 Å². The molecule has 1 heterocycles. The highest BCUT2D eigenvalue weighted by Gasteiger charge is 2.22. The SMILES string of the molecule is COc1ccc(C)c(/C=C2/SC(=S)NC2=O)c1. The third kappa shape index (κ3) is 2.68. The smallest absolute Gasteiger partial charge is 0.263 e. The van der Waals surface area contributed by atoms with Crippen LogP contribution >= 0.6 is 24.0 Å². The van der Waals surface area contributed by atoms with Gasteiger partial charge in [-0.05, 0) is 36.3 Å². The maximum atomic E-state index is 11.5. The van der Waals surface area contributed by atoms with Crippen LogP contribution in [-0.2, 0) is 4.79 Å². The molecule has 0 saturated carbocycles. The van der Waals surface area contributed by atoms with Crippen molar-refractivity contribution in [3.63, 3.8) is 0 Å². The zero-order chi connectivity index (χ0) is 12.4. The van der Waals surface area contributed by atoms with E-state index >= 15 is 0 Å². The number of aryl methyl sites for hydroxylation is 1. The maximum Gasteiger partial charge on any atom is 0.263 e. The van der Waals surface area contributed by atoms with E-state index in [2.05, 4.69) is 5.32 Å². The highest BCUT2D eigenvalue weighted by molar-refractivity contribution is 8.26. The first kappa shape index (κ1) is 12.1. The summed E-state index contributed by atoms with van der Waals surface area (Å²) in [4.78, 5) is 12.2. The van der Waals surface area contributed by atoms with Crippen molar-refractivity contribution in [2.75, 3.05) is 7.11 Å². The Labute approximate surface area is 109 Å². The Hall–Kier alpha value is -1.33. The van der Waals surface area contributed by atoms with Gasteiger partial charge in [-0.2, -0.15) is 0 Å². The van der Waals surface area contributed by atoms with Crippen LogP contribution in [0.1, 0.15) is 11.1 Å². The van der Waals surface area contributed by atoms with E-state index in [1.54, 1.807) is 7.11 Å². The molecule has 1 aliphatic rings. The fourth-order valence-electron chi connectivity index (χ4n) is 1.46. The number of nitrogens with one attached hydrogen (secondary N) is 1. The largest absolute Gasteiger partial charge is 0.497 e. The minimum atomic E-state index is -0.137. The van der Waals surface area contributed by atoms with Crippen LogP contribution < -0.4 is 10.1 Å². The van der Waals surface area contributed by atoms with Crippen LogP contribution in [0.25, 0.3) is 6.08 Å². The molecule has 1 saturated heterocycles. The molecule has 0 bridgehead atoms. The molecule has 88 valence electrons. The van der Waals surface area contributed by atoms with Crippen LogP contribution in [0.15, 0.2) is 23.1 Å². The summed E-state index contributed by atoms with van der Waals surface area (Å²) in [5.74, 6) is 0.635. The van der Waals surface area contributed by atoms with Crippen molar-refractivity contribution < 1.29 is 9.53 Å². The molecule has 1 aromatic carbocycles. The number of methoxy groups -OCH3 is 1. The Morgan fingerprint density at radius 3 is 2.82 bits per heavy atom. The molecule has 0 aromatic heterocycles. The zero-order valence-corrected chi connectivity index (χ0v) is 11.1. The number of thiocarbonyl (C=S) groups is 1. The van der Waals surface area contributed by atoms with Gasteiger partial charge in [0.25, 0.3) is 5.91 Å². The zero-order valence-electron chi connectivity index (χ0n) is 9.44. The molecule has 3 nitrogen and oxygen atoms in total. The Balaban J connectivity index is 2.38. The number of benzene rings is 1. The van der Waals surface area contributed by atoms with Gasteiger partial charge in [-0.15, -0.1) is 0 Å². The molecule has 1 N–H and O–H groups in total. The summed E-state index contributed by atoms with van der Waals surface area (Å²) in [6.07, 6.45) is 1.83. The number of carbonyl (C=O) groups is 1. The molecular weight excluding hydrogens is 254 g/mol. The molecular formula is C12H11NO2S2. The molecule has 2 rings (SSSR count). The van der Waals surface area contributed by atoms with Gasteiger partial charge in [-0.1, -0.05) is 30.0 Å². The number of hydrogen-bond acceptors (Lipinski definition) is 4. The first-order valence-electron chi connectivity index (χ1n) is 4.99. The summed E-state index contributed by atoms with van der Waals surface area (Å²) in [5, 5.41) is 2.59. The summed E-state index contributed by atoms with van der Waals surface area (Å²) in [5.41, 5.74) is 2.05. The van der Waals surface area contributed by atoms with Crippen molar-refractivity contribution in [3.8, 4) is 5.75 Å². The molecule has 1 aromatic rings. The standard InChI is InChI=1S/C12H11NO2S2/c1-7-3-4-9(15-2)5-8(7)6-10-11(14)13-12(16)17-10/h3-6H,1-2H3,(H,13,14,16)/b10-6+. The van der Waals surface area contributed by atoms with Gasteiger partial charge in [0, 0.05) is 0 Å². The van der Waals surface area contributed by atoms with Crippen molar-refractivity contribution in [1.82, 2.24) is 5.32 Å². The summed E-state index contributed by atoms with van der Waals surface area (Å²) in [6.45, 7) is 1.99. The van der Waals surface area contributed by atoms with E-state index in [0.717, 1.165) is 16.9 Å². The Bertz CT molecular complexity index is 523. The monoisotopic (exact) mass is 265 g/mol. The fraction of sp³-hybridized carbons (Fsp3) is 0.167. The van der Waals surface area contributed by atoms with Gasteiger partial charge in [0.15, 0.2) is 0 Å².